The van der Waals surface area contributed by atoms with E-state index >= 15 is 0 Å². The number of carbonyl (C=O) groups excluding carboxylic acids is 1. The Morgan fingerprint density at radius 1 is 1.60 bits per heavy atom. The summed E-state index contributed by atoms with van der Waals surface area (Å²) in [6, 6.07) is 1.03. The highest BCUT2D eigenvalue weighted by Crippen LogP contribution is 2.37. The molecule has 0 amide bonds. The van der Waals surface area contributed by atoms with Gasteiger partial charge in [0.25, 0.3) is 0 Å². The molecule has 0 aromatic carbocycles. The average molecular weight is 281 g/mol. The van der Waals surface area contributed by atoms with Gasteiger partial charge in [0.1, 0.15) is 5.54 Å². The largest absolute Gasteiger partial charge is 0.468 e. The van der Waals surface area contributed by atoms with Crippen LogP contribution >= 0.6 is 0 Å². The fraction of sp³-hybridized carbons (Fsp3) is 0.923. The van der Waals surface area contributed by atoms with Crippen LogP contribution in [0, 0.1) is 0 Å². The second-order valence-electron chi connectivity index (χ2n) is 5.77. The summed E-state index contributed by atoms with van der Waals surface area (Å²) in [5.74, 6) is -0.184. The number of nitrogens with zero attached hydrogens (tertiary/aromatic N) is 4. The molecule has 2 atom stereocenters. The minimum atomic E-state index is -0.604. The van der Waals surface area contributed by atoms with Crippen molar-refractivity contribution in [2.24, 2.45) is 5.11 Å². The first kappa shape index (κ1) is 15.1. The van der Waals surface area contributed by atoms with Crippen molar-refractivity contribution in [3.63, 3.8) is 0 Å². The molecule has 2 aliphatic rings. The van der Waals surface area contributed by atoms with Crippen molar-refractivity contribution in [2.45, 2.75) is 50.2 Å². The Kier molecular flexibility index (Phi) is 4.86. The summed E-state index contributed by atoms with van der Waals surface area (Å²) in [5.41, 5.74) is 7.64. The Morgan fingerprint density at radius 3 is 2.95 bits per heavy atom. The lowest BCUT2D eigenvalue weighted by Gasteiger charge is -2.28. The van der Waals surface area contributed by atoms with Crippen LogP contribution in [0.5, 0.6) is 0 Å². The highest BCUT2D eigenvalue weighted by molar-refractivity contribution is 5.81. The molecule has 0 aromatic rings. The molecule has 1 aliphatic heterocycles. The summed E-state index contributed by atoms with van der Waals surface area (Å²) >= 11 is 0. The number of hydrogen-bond donors (Lipinski definition) is 1. The van der Waals surface area contributed by atoms with Gasteiger partial charge < -0.3 is 10.1 Å². The third-order valence-corrected chi connectivity index (χ3v) is 4.22. The van der Waals surface area contributed by atoms with Gasteiger partial charge in [-0.3, -0.25) is 9.69 Å². The summed E-state index contributed by atoms with van der Waals surface area (Å²) in [6.07, 6.45) is 3.97. The van der Waals surface area contributed by atoms with E-state index < -0.39 is 5.54 Å². The van der Waals surface area contributed by atoms with Crippen LogP contribution in [-0.2, 0) is 9.53 Å². The maximum Gasteiger partial charge on any atom is 0.327 e. The molecule has 2 rings (SSSR count). The van der Waals surface area contributed by atoms with E-state index in [4.69, 9.17) is 10.3 Å². The molecule has 2 unspecified atom stereocenters. The quantitative estimate of drug-likeness (QED) is 0.251. The number of likely N-dealkylation sites (tertiary alicyclic amines) is 1. The Hall–Kier alpha value is -1.30. The zero-order valence-corrected chi connectivity index (χ0v) is 12.2. The first-order valence-electron chi connectivity index (χ1n) is 7.23. The summed E-state index contributed by atoms with van der Waals surface area (Å²) < 4.78 is 5.00. The van der Waals surface area contributed by atoms with Crippen LogP contribution in [0.1, 0.15) is 32.6 Å². The molecule has 1 aliphatic carbocycles. The van der Waals surface area contributed by atoms with Gasteiger partial charge in [0, 0.05) is 30.1 Å². The second kappa shape index (κ2) is 6.43. The van der Waals surface area contributed by atoms with E-state index in [0.29, 0.717) is 31.7 Å². The van der Waals surface area contributed by atoms with Crippen molar-refractivity contribution in [3.05, 3.63) is 10.4 Å². The molecular weight excluding hydrogens is 258 g/mol. The predicted molar refractivity (Wildman–Crippen MR) is 75.2 cm³/mol. The minimum Gasteiger partial charge on any atom is -0.468 e. The van der Waals surface area contributed by atoms with Gasteiger partial charge in [-0.1, -0.05) is 5.11 Å². The van der Waals surface area contributed by atoms with Gasteiger partial charge in [0.05, 0.1) is 7.11 Å². The molecular formula is C13H23N5O2. The number of rotatable bonds is 7. The summed E-state index contributed by atoms with van der Waals surface area (Å²) in [5, 5.41) is 6.85. The second-order valence-corrected chi connectivity index (χ2v) is 5.77. The van der Waals surface area contributed by atoms with E-state index in [1.54, 1.807) is 0 Å². The Balaban J connectivity index is 1.95. The molecule has 0 radical (unpaired) electrons. The van der Waals surface area contributed by atoms with Crippen molar-refractivity contribution in [3.8, 4) is 0 Å². The maximum atomic E-state index is 12.2. The third kappa shape index (κ3) is 3.23. The van der Waals surface area contributed by atoms with E-state index in [1.807, 2.05) is 0 Å². The van der Waals surface area contributed by atoms with Gasteiger partial charge in [-0.2, -0.15) is 0 Å². The average Bonchev–Trinajstić information content (AvgIpc) is 3.22. The maximum absolute atomic E-state index is 12.2. The summed E-state index contributed by atoms with van der Waals surface area (Å²) in [6.45, 7) is 3.99. The lowest BCUT2D eigenvalue weighted by Crippen LogP contribution is -2.55. The van der Waals surface area contributed by atoms with Gasteiger partial charge >= 0.3 is 5.97 Å². The van der Waals surface area contributed by atoms with Crippen molar-refractivity contribution < 1.29 is 9.53 Å². The van der Waals surface area contributed by atoms with Crippen molar-refractivity contribution in [2.75, 3.05) is 26.7 Å². The zero-order chi connectivity index (χ0) is 14.6. The van der Waals surface area contributed by atoms with Crippen molar-refractivity contribution in [1.29, 1.82) is 0 Å². The predicted octanol–water partition coefficient (Wildman–Crippen LogP) is 1.44. The molecule has 112 valence electrons. The van der Waals surface area contributed by atoms with E-state index in [1.165, 1.54) is 20.0 Å². The molecule has 0 spiro atoms. The molecule has 1 heterocycles. The number of nitrogens with one attached hydrogen (secondary N) is 1. The Morgan fingerprint density at radius 2 is 2.35 bits per heavy atom. The van der Waals surface area contributed by atoms with Crippen LogP contribution in [0.4, 0.5) is 0 Å². The SMILES string of the molecule is COC(=O)C1(NCCCN=[N+]=[N-])CC(C)N(C2CC2)C1. The standard InChI is InChI=1S/C13H23N5O2/c1-10-8-13(12(19)20-2,9-18(10)11-4-5-11)15-6-3-7-16-17-14/h10-11,15H,3-9H2,1-2H3. The molecule has 7 heteroatoms. The van der Waals surface area contributed by atoms with E-state index in [2.05, 4.69) is 27.2 Å². The number of azide groups is 1. The molecule has 7 nitrogen and oxygen atoms in total. The van der Waals surface area contributed by atoms with Gasteiger partial charge in [-0.25, -0.2) is 0 Å². The van der Waals surface area contributed by atoms with Gasteiger partial charge in [0.15, 0.2) is 0 Å². The van der Waals surface area contributed by atoms with E-state index in [0.717, 1.165) is 12.8 Å². The lowest BCUT2D eigenvalue weighted by molar-refractivity contribution is -0.148. The van der Waals surface area contributed by atoms with Crippen LogP contribution < -0.4 is 5.32 Å². The molecule has 0 bridgehead atoms. The van der Waals surface area contributed by atoms with Crippen LogP contribution in [0.3, 0.4) is 0 Å². The van der Waals surface area contributed by atoms with Crippen LogP contribution in [0.25, 0.3) is 10.4 Å². The monoisotopic (exact) mass is 281 g/mol. The fourth-order valence-corrected chi connectivity index (χ4v) is 3.11. The summed E-state index contributed by atoms with van der Waals surface area (Å²) in [4.78, 5) is 17.3. The minimum absolute atomic E-state index is 0.184. The number of methoxy groups -OCH3 is 1. The smallest absolute Gasteiger partial charge is 0.327 e. The van der Waals surface area contributed by atoms with Crippen LogP contribution in [0.2, 0.25) is 0 Å². The van der Waals surface area contributed by atoms with E-state index in [-0.39, 0.29) is 5.97 Å². The van der Waals surface area contributed by atoms with Gasteiger partial charge in [0.2, 0.25) is 0 Å². The lowest BCUT2D eigenvalue weighted by atomic mass is 9.96. The molecule has 2 fully saturated rings. The molecule has 0 aromatic heterocycles. The van der Waals surface area contributed by atoms with Gasteiger partial charge in [-0.05, 0) is 44.7 Å². The van der Waals surface area contributed by atoms with Gasteiger partial charge in [-0.15, -0.1) is 0 Å². The Bertz CT molecular complexity index is 406. The topological polar surface area (TPSA) is 90.3 Å². The van der Waals surface area contributed by atoms with Crippen molar-refractivity contribution >= 4 is 5.97 Å². The van der Waals surface area contributed by atoms with Crippen LogP contribution in [-0.4, -0.2) is 55.2 Å². The normalized spacial score (nSPS) is 30.0. The molecule has 1 saturated carbocycles. The number of carbonyl (C=O) groups is 1. The molecule has 20 heavy (non-hydrogen) atoms. The van der Waals surface area contributed by atoms with E-state index in [9.17, 15) is 4.79 Å². The Labute approximate surface area is 119 Å². The molecule has 1 N–H and O–H groups in total. The highest BCUT2D eigenvalue weighted by Gasteiger charge is 2.51. The fourth-order valence-electron chi connectivity index (χ4n) is 3.11. The summed E-state index contributed by atoms with van der Waals surface area (Å²) in [7, 11) is 1.44. The molecule has 1 saturated heterocycles. The third-order valence-electron chi connectivity index (χ3n) is 4.22. The van der Waals surface area contributed by atoms with Crippen molar-refractivity contribution in [1.82, 2.24) is 10.2 Å². The highest BCUT2D eigenvalue weighted by atomic mass is 16.5. The zero-order valence-electron chi connectivity index (χ0n) is 12.2. The number of esters is 1. The number of ether oxygens (including phenoxy) is 1. The first-order chi connectivity index (χ1) is 9.63. The first-order valence-corrected chi connectivity index (χ1v) is 7.23. The van der Waals surface area contributed by atoms with Crippen LogP contribution in [0.15, 0.2) is 5.11 Å². The number of hydrogen-bond acceptors (Lipinski definition) is 5.